The van der Waals surface area contributed by atoms with E-state index in [-0.39, 0.29) is 11.5 Å². The molecule has 4 rings (SSSR count). The van der Waals surface area contributed by atoms with Crippen molar-refractivity contribution in [1.29, 1.82) is 0 Å². The largest absolute Gasteiger partial charge is 0.478 e. The van der Waals surface area contributed by atoms with E-state index >= 15 is 0 Å². The van der Waals surface area contributed by atoms with Gasteiger partial charge in [-0.3, -0.25) is 9.69 Å². The molecule has 29 heavy (non-hydrogen) atoms. The minimum Gasteiger partial charge on any atom is -0.478 e. The number of rotatable bonds is 5. The van der Waals surface area contributed by atoms with Gasteiger partial charge in [-0.05, 0) is 43.2 Å². The van der Waals surface area contributed by atoms with E-state index in [9.17, 15) is 4.79 Å². The lowest BCUT2D eigenvalue weighted by molar-refractivity contribution is 0.0822. The van der Waals surface area contributed by atoms with Gasteiger partial charge in [-0.2, -0.15) is 0 Å². The van der Waals surface area contributed by atoms with Crippen molar-refractivity contribution < 1.29 is 19.0 Å². The zero-order valence-electron chi connectivity index (χ0n) is 16.3. The predicted octanol–water partition coefficient (Wildman–Crippen LogP) is 5.11. The Hall–Kier alpha value is -2.05. The Kier molecular flexibility index (Phi) is 5.83. The first kappa shape index (κ1) is 20.2. The SMILES string of the molecule is COCCCN1COc2cc(C)c3c(c2C1)O/C(=C\c1c(Cl)cccc1Cl)C3=O. The minimum atomic E-state index is -0.173. The third-order valence-corrected chi connectivity index (χ3v) is 5.74. The van der Waals surface area contributed by atoms with Crippen molar-refractivity contribution in [2.45, 2.75) is 19.9 Å². The highest BCUT2D eigenvalue weighted by atomic mass is 35.5. The average molecular weight is 434 g/mol. The molecular formula is C22H21Cl2NO4. The van der Waals surface area contributed by atoms with Gasteiger partial charge in [-0.1, -0.05) is 29.3 Å². The molecule has 0 fully saturated rings. The number of hydrogen-bond donors (Lipinski definition) is 0. The molecule has 7 heteroatoms. The summed E-state index contributed by atoms with van der Waals surface area (Å²) < 4.78 is 17.1. The van der Waals surface area contributed by atoms with Crippen LogP contribution < -0.4 is 9.47 Å². The fraction of sp³-hybridized carbons (Fsp3) is 0.318. The third-order valence-electron chi connectivity index (χ3n) is 5.09. The summed E-state index contributed by atoms with van der Waals surface area (Å²) in [5, 5.41) is 0.924. The van der Waals surface area contributed by atoms with Crippen molar-refractivity contribution in [3.63, 3.8) is 0 Å². The van der Waals surface area contributed by atoms with Crippen LogP contribution in [-0.4, -0.2) is 37.7 Å². The number of nitrogens with zero attached hydrogens (tertiary/aromatic N) is 1. The molecule has 152 valence electrons. The number of methoxy groups -OCH3 is 1. The van der Waals surface area contributed by atoms with Gasteiger partial charge in [0.2, 0.25) is 5.78 Å². The Morgan fingerprint density at radius 2 is 2.03 bits per heavy atom. The Balaban J connectivity index is 1.68. The Morgan fingerprint density at radius 3 is 2.76 bits per heavy atom. The summed E-state index contributed by atoms with van der Waals surface area (Å²) in [7, 11) is 1.69. The normalized spacial score (nSPS) is 17.1. The molecule has 0 N–H and O–H groups in total. The molecule has 0 unspecified atom stereocenters. The number of allylic oxidation sites excluding steroid dienone is 1. The summed E-state index contributed by atoms with van der Waals surface area (Å²) in [6.45, 7) is 4.56. The van der Waals surface area contributed by atoms with E-state index in [0.717, 1.165) is 29.8 Å². The van der Waals surface area contributed by atoms with Gasteiger partial charge >= 0.3 is 0 Å². The molecule has 2 heterocycles. The molecule has 0 saturated carbocycles. The molecule has 0 spiro atoms. The van der Waals surface area contributed by atoms with E-state index in [1.807, 2.05) is 13.0 Å². The Bertz CT molecular complexity index is 983. The molecule has 2 aromatic rings. The Morgan fingerprint density at radius 1 is 1.28 bits per heavy atom. The average Bonchev–Trinajstić information content (AvgIpc) is 3.03. The van der Waals surface area contributed by atoms with Crippen LogP contribution in [0.3, 0.4) is 0 Å². The molecule has 5 nitrogen and oxygen atoms in total. The summed E-state index contributed by atoms with van der Waals surface area (Å²) in [5.41, 5.74) is 2.85. The van der Waals surface area contributed by atoms with Crippen LogP contribution in [0.4, 0.5) is 0 Å². The number of Topliss-reactive ketones (excluding diaryl/α,β-unsaturated/α-hetero) is 1. The van der Waals surface area contributed by atoms with Crippen molar-refractivity contribution in [3.8, 4) is 11.5 Å². The lowest BCUT2D eigenvalue weighted by Gasteiger charge is -2.30. The fourth-order valence-corrected chi connectivity index (χ4v) is 4.14. The van der Waals surface area contributed by atoms with Gasteiger partial charge < -0.3 is 14.2 Å². The number of ketones is 1. The van der Waals surface area contributed by atoms with Crippen LogP contribution in [0.15, 0.2) is 30.0 Å². The first-order valence-corrected chi connectivity index (χ1v) is 10.1. The van der Waals surface area contributed by atoms with Crippen LogP contribution in [0.2, 0.25) is 10.0 Å². The molecular weight excluding hydrogens is 413 g/mol. The number of fused-ring (bicyclic) bond motifs is 3. The molecule has 0 bridgehead atoms. The van der Waals surface area contributed by atoms with Gasteiger partial charge in [0.15, 0.2) is 5.76 Å². The van der Waals surface area contributed by atoms with E-state index in [1.54, 1.807) is 31.4 Å². The van der Waals surface area contributed by atoms with Crippen molar-refractivity contribution in [2.75, 3.05) is 27.0 Å². The maximum absolute atomic E-state index is 13.1. The minimum absolute atomic E-state index is 0.173. The number of benzene rings is 2. The number of aryl methyl sites for hydroxylation is 1. The van der Waals surface area contributed by atoms with Crippen LogP contribution >= 0.6 is 23.2 Å². The summed E-state index contributed by atoms with van der Waals surface area (Å²) in [6.07, 6.45) is 2.51. The van der Waals surface area contributed by atoms with E-state index in [2.05, 4.69) is 4.90 Å². The van der Waals surface area contributed by atoms with E-state index in [4.69, 9.17) is 37.4 Å². The molecule has 0 aromatic heterocycles. The number of ether oxygens (including phenoxy) is 3. The summed E-state index contributed by atoms with van der Waals surface area (Å²) in [5.74, 6) is 1.36. The van der Waals surface area contributed by atoms with Crippen LogP contribution in [0, 0.1) is 6.92 Å². The molecule has 0 saturated heterocycles. The lowest BCUT2D eigenvalue weighted by atomic mass is 9.98. The summed E-state index contributed by atoms with van der Waals surface area (Å²) >= 11 is 12.5. The standard InChI is InChI=1S/C22H21Cl2NO4/c1-13-9-18-15(11-25(12-28-18)7-4-8-27-2)22-20(13)21(26)19(29-22)10-14-16(23)5-3-6-17(14)24/h3,5-6,9-10H,4,7-8,11-12H2,1-2H3/b19-10-. The summed E-state index contributed by atoms with van der Waals surface area (Å²) in [6, 6.07) is 7.12. The van der Waals surface area contributed by atoms with Crippen molar-refractivity contribution >= 4 is 35.1 Å². The van der Waals surface area contributed by atoms with Crippen molar-refractivity contribution in [1.82, 2.24) is 4.90 Å². The lowest BCUT2D eigenvalue weighted by Crippen LogP contribution is -2.33. The van der Waals surface area contributed by atoms with Crippen molar-refractivity contribution in [2.24, 2.45) is 0 Å². The number of hydrogen-bond acceptors (Lipinski definition) is 5. The van der Waals surface area contributed by atoms with Gasteiger partial charge in [0.1, 0.15) is 18.2 Å². The van der Waals surface area contributed by atoms with Crippen LogP contribution in [0.5, 0.6) is 11.5 Å². The van der Waals surface area contributed by atoms with E-state index in [1.165, 1.54) is 0 Å². The zero-order valence-corrected chi connectivity index (χ0v) is 17.8. The third kappa shape index (κ3) is 3.88. The van der Waals surface area contributed by atoms with E-state index < -0.39 is 0 Å². The quantitative estimate of drug-likeness (QED) is 0.484. The maximum Gasteiger partial charge on any atom is 0.232 e. The highest BCUT2D eigenvalue weighted by molar-refractivity contribution is 6.37. The molecule has 2 aliphatic heterocycles. The van der Waals surface area contributed by atoms with Gasteiger partial charge in [-0.25, -0.2) is 0 Å². The first-order chi connectivity index (χ1) is 14.0. The van der Waals surface area contributed by atoms with Gasteiger partial charge in [0.05, 0.1) is 11.1 Å². The zero-order chi connectivity index (χ0) is 20.5. The smallest absolute Gasteiger partial charge is 0.232 e. The highest BCUT2D eigenvalue weighted by Crippen LogP contribution is 2.44. The first-order valence-electron chi connectivity index (χ1n) is 9.38. The second-order valence-corrected chi connectivity index (χ2v) is 7.94. The van der Waals surface area contributed by atoms with Gasteiger partial charge in [-0.15, -0.1) is 0 Å². The van der Waals surface area contributed by atoms with Crippen LogP contribution in [0.25, 0.3) is 6.08 Å². The van der Waals surface area contributed by atoms with Crippen LogP contribution in [-0.2, 0) is 11.3 Å². The second-order valence-electron chi connectivity index (χ2n) is 7.12. The number of carbonyl (C=O) groups is 1. The van der Waals surface area contributed by atoms with Crippen LogP contribution in [0.1, 0.15) is 33.5 Å². The monoisotopic (exact) mass is 433 g/mol. The topological polar surface area (TPSA) is 48.0 Å². The van der Waals surface area contributed by atoms with E-state index in [0.29, 0.717) is 46.8 Å². The molecule has 2 aromatic carbocycles. The molecule has 0 amide bonds. The molecule has 0 radical (unpaired) electrons. The van der Waals surface area contributed by atoms with Crippen molar-refractivity contribution in [3.05, 3.63) is 62.3 Å². The predicted molar refractivity (Wildman–Crippen MR) is 113 cm³/mol. The highest BCUT2D eigenvalue weighted by Gasteiger charge is 2.35. The maximum atomic E-state index is 13.1. The fourth-order valence-electron chi connectivity index (χ4n) is 3.63. The molecule has 0 aliphatic carbocycles. The van der Waals surface area contributed by atoms with Gasteiger partial charge in [0.25, 0.3) is 0 Å². The number of carbonyl (C=O) groups excluding carboxylic acids is 1. The second kappa shape index (κ2) is 8.36. The molecule has 0 atom stereocenters. The van der Waals surface area contributed by atoms with Gasteiger partial charge in [0, 0.05) is 42.4 Å². The Labute approximate surface area is 179 Å². The summed E-state index contributed by atoms with van der Waals surface area (Å²) in [4.78, 5) is 15.2. The molecule has 2 aliphatic rings. The number of halogens is 2.